The molecule has 0 bridgehead atoms. The highest BCUT2D eigenvalue weighted by molar-refractivity contribution is 9.11. The molecule has 2 rings (SSSR count). The molecule has 1 aliphatic rings. The molecular weight excluding hydrogens is 360 g/mol. The molecule has 3 nitrogen and oxygen atoms in total. The van der Waals surface area contributed by atoms with Crippen LogP contribution in [0.1, 0.15) is 18.4 Å². The maximum absolute atomic E-state index is 12.0. The van der Waals surface area contributed by atoms with Crippen molar-refractivity contribution in [3.8, 4) is 0 Å². The monoisotopic (exact) mass is 374 g/mol. The molecule has 5 heteroatoms. The molecule has 1 heterocycles. The normalized spacial score (nSPS) is 18.9. The summed E-state index contributed by atoms with van der Waals surface area (Å²) in [6.07, 6.45) is 1.67. The van der Waals surface area contributed by atoms with Crippen molar-refractivity contribution in [2.75, 3.05) is 18.4 Å². The van der Waals surface area contributed by atoms with Gasteiger partial charge in [-0.2, -0.15) is 0 Å². The van der Waals surface area contributed by atoms with Gasteiger partial charge in [-0.25, -0.2) is 0 Å². The van der Waals surface area contributed by atoms with E-state index in [1.165, 1.54) is 0 Å². The Labute approximate surface area is 124 Å². The van der Waals surface area contributed by atoms with E-state index in [9.17, 15) is 4.79 Å². The van der Waals surface area contributed by atoms with E-state index in [2.05, 4.69) is 42.5 Å². The summed E-state index contributed by atoms with van der Waals surface area (Å²) in [5.74, 6) is 0.543. The Balaban J connectivity index is 2.02. The van der Waals surface area contributed by atoms with Crippen molar-refractivity contribution in [1.29, 1.82) is 0 Å². The molecule has 98 valence electrons. The second-order valence-corrected chi connectivity index (χ2v) is 6.42. The van der Waals surface area contributed by atoms with Crippen molar-refractivity contribution >= 4 is 43.5 Å². The molecule has 0 spiro atoms. The third-order valence-corrected chi connectivity index (χ3v) is 4.34. The number of aryl methyl sites for hydroxylation is 1. The number of carbonyl (C=O) groups is 1. The molecule has 0 radical (unpaired) electrons. The highest BCUT2D eigenvalue weighted by atomic mass is 79.9. The molecule has 1 saturated heterocycles. The van der Waals surface area contributed by atoms with Gasteiger partial charge in [-0.15, -0.1) is 0 Å². The SMILES string of the molecule is Cc1cc(Br)c(NC(=O)CC2CCNC2)c(Br)c1. The van der Waals surface area contributed by atoms with Crippen LogP contribution in [0.5, 0.6) is 0 Å². The first kappa shape index (κ1) is 14.0. The maximum Gasteiger partial charge on any atom is 0.224 e. The van der Waals surface area contributed by atoms with Crippen LogP contribution in [-0.2, 0) is 4.79 Å². The van der Waals surface area contributed by atoms with Crippen LogP contribution in [0.15, 0.2) is 21.1 Å². The fourth-order valence-electron chi connectivity index (χ4n) is 2.16. The van der Waals surface area contributed by atoms with Gasteiger partial charge >= 0.3 is 0 Å². The van der Waals surface area contributed by atoms with Gasteiger partial charge in [-0.1, -0.05) is 0 Å². The minimum absolute atomic E-state index is 0.0777. The third kappa shape index (κ3) is 3.56. The van der Waals surface area contributed by atoms with Gasteiger partial charge < -0.3 is 10.6 Å². The van der Waals surface area contributed by atoms with E-state index in [1.807, 2.05) is 19.1 Å². The Hall–Kier alpha value is -0.390. The molecule has 0 aliphatic carbocycles. The summed E-state index contributed by atoms with van der Waals surface area (Å²) in [6, 6.07) is 4.00. The van der Waals surface area contributed by atoms with E-state index in [0.717, 1.165) is 39.7 Å². The first-order valence-electron chi connectivity index (χ1n) is 6.02. The van der Waals surface area contributed by atoms with Crippen molar-refractivity contribution in [3.05, 3.63) is 26.6 Å². The van der Waals surface area contributed by atoms with Crippen molar-refractivity contribution in [3.63, 3.8) is 0 Å². The van der Waals surface area contributed by atoms with Crippen molar-refractivity contribution in [1.82, 2.24) is 5.32 Å². The number of rotatable bonds is 3. The first-order valence-corrected chi connectivity index (χ1v) is 7.61. The minimum Gasteiger partial charge on any atom is -0.324 e. The molecule has 1 aromatic carbocycles. The Bertz CT molecular complexity index is 433. The molecule has 1 aromatic rings. The molecule has 0 aromatic heterocycles. The molecule has 2 N–H and O–H groups in total. The largest absolute Gasteiger partial charge is 0.324 e. The quantitative estimate of drug-likeness (QED) is 0.849. The van der Waals surface area contributed by atoms with Crippen LogP contribution < -0.4 is 10.6 Å². The fraction of sp³-hybridized carbons (Fsp3) is 0.462. The lowest BCUT2D eigenvalue weighted by atomic mass is 10.0. The Kier molecular flexibility index (Phi) is 4.81. The zero-order valence-electron chi connectivity index (χ0n) is 10.2. The van der Waals surface area contributed by atoms with Gasteiger partial charge in [0, 0.05) is 15.4 Å². The number of hydrogen-bond acceptors (Lipinski definition) is 2. The number of anilines is 1. The number of nitrogens with one attached hydrogen (secondary N) is 2. The van der Waals surface area contributed by atoms with Gasteiger partial charge in [0.2, 0.25) is 5.91 Å². The number of benzene rings is 1. The summed E-state index contributed by atoms with van der Waals surface area (Å²) >= 11 is 6.96. The van der Waals surface area contributed by atoms with Crippen LogP contribution in [0.4, 0.5) is 5.69 Å². The molecular formula is C13H16Br2N2O. The van der Waals surface area contributed by atoms with Gasteiger partial charge in [-0.3, -0.25) is 4.79 Å². The average Bonchev–Trinajstić information content (AvgIpc) is 2.76. The molecule has 1 aliphatic heterocycles. The van der Waals surface area contributed by atoms with E-state index >= 15 is 0 Å². The summed E-state index contributed by atoms with van der Waals surface area (Å²) in [5, 5.41) is 6.25. The second kappa shape index (κ2) is 6.17. The third-order valence-electron chi connectivity index (χ3n) is 3.09. The van der Waals surface area contributed by atoms with Crippen LogP contribution >= 0.6 is 31.9 Å². The van der Waals surface area contributed by atoms with Crippen LogP contribution in [0, 0.1) is 12.8 Å². The lowest BCUT2D eigenvalue weighted by Gasteiger charge is -2.12. The van der Waals surface area contributed by atoms with E-state index in [1.54, 1.807) is 0 Å². The fourth-order valence-corrected chi connectivity index (χ4v) is 3.77. The second-order valence-electron chi connectivity index (χ2n) is 4.71. The van der Waals surface area contributed by atoms with Crippen molar-refractivity contribution < 1.29 is 4.79 Å². The zero-order chi connectivity index (χ0) is 13.1. The smallest absolute Gasteiger partial charge is 0.224 e. The standard InChI is InChI=1S/C13H16Br2N2O/c1-8-4-10(14)13(11(15)5-8)17-12(18)6-9-2-3-16-7-9/h4-5,9,16H,2-3,6-7H2,1H3,(H,17,18). The first-order chi connectivity index (χ1) is 8.56. The molecule has 0 saturated carbocycles. The number of amides is 1. The predicted molar refractivity (Wildman–Crippen MR) is 80.8 cm³/mol. The summed E-state index contributed by atoms with van der Waals surface area (Å²) in [4.78, 5) is 12.0. The summed E-state index contributed by atoms with van der Waals surface area (Å²) < 4.78 is 1.82. The lowest BCUT2D eigenvalue weighted by molar-refractivity contribution is -0.117. The Morgan fingerprint density at radius 2 is 2.11 bits per heavy atom. The van der Waals surface area contributed by atoms with Gasteiger partial charge in [0.05, 0.1) is 5.69 Å². The molecule has 1 unspecified atom stereocenters. The van der Waals surface area contributed by atoms with Gasteiger partial charge in [0.15, 0.2) is 0 Å². The molecule has 18 heavy (non-hydrogen) atoms. The van der Waals surface area contributed by atoms with Crippen LogP contribution in [-0.4, -0.2) is 19.0 Å². The van der Waals surface area contributed by atoms with Crippen molar-refractivity contribution in [2.45, 2.75) is 19.8 Å². The van der Waals surface area contributed by atoms with E-state index in [-0.39, 0.29) is 5.91 Å². The topological polar surface area (TPSA) is 41.1 Å². The maximum atomic E-state index is 12.0. The molecule has 1 amide bonds. The Morgan fingerprint density at radius 1 is 1.44 bits per heavy atom. The number of halogens is 2. The molecule has 1 atom stereocenters. The van der Waals surface area contributed by atoms with E-state index < -0.39 is 0 Å². The number of hydrogen-bond donors (Lipinski definition) is 2. The highest BCUT2D eigenvalue weighted by Gasteiger charge is 2.19. The summed E-state index contributed by atoms with van der Waals surface area (Å²) in [5.41, 5.74) is 1.96. The van der Waals surface area contributed by atoms with E-state index in [4.69, 9.17) is 0 Å². The zero-order valence-corrected chi connectivity index (χ0v) is 13.4. The van der Waals surface area contributed by atoms with Crippen molar-refractivity contribution in [2.24, 2.45) is 5.92 Å². The van der Waals surface area contributed by atoms with Crippen LogP contribution in [0.25, 0.3) is 0 Å². The van der Waals surface area contributed by atoms with Gasteiger partial charge in [-0.05, 0) is 81.9 Å². The number of carbonyl (C=O) groups excluding carboxylic acids is 1. The minimum atomic E-state index is 0.0777. The molecule has 1 fully saturated rings. The van der Waals surface area contributed by atoms with E-state index in [0.29, 0.717) is 12.3 Å². The average molecular weight is 376 g/mol. The van der Waals surface area contributed by atoms with Gasteiger partial charge in [0.25, 0.3) is 0 Å². The van der Waals surface area contributed by atoms with Crippen LogP contribution in [0.3, 0.4) is 0 Å². The summed E-state index contributed by atoms with van der Waals surface area (Å²) in [6.45, 7) is 3.99. The lowest BCUT2D eigenvalue weighted by Crippen LogP contribution is -2.18. The van der Waals surface area contributed by atoms with Crippen LogP contribution in [0.2, 0.25) is 0 Å². The van der Waals surface area contributed by atoms with Gasteiger partial charge in [0.1, 0.15) is 0 Å². The Morgan fingerprint density at radius 3 is 2.67 bits per heavy atom. The summed E-state index contributed by atoms with van der Waals surface area (Å²) in [7, 11) is 0. The predicted octanol–water partition coefficient (Wildman–Crippen LogP) is 3.46. The highest BCUT2D eigenvalue weighted by Crippen LogP contribution is 2.32.